The Bertz CT molecular complexity index is 668. The van der Waals surface area contributed by atoms with Crippen molar-refractivity contribution in [2.75, 3.05) is 11.9 Å². The van der Waals surface area contributed by atoms with E-state index < -0.39 is 22.2 Å². The summed E-state index contributed by atoms with van der Waals surface area (Å²) in [5, 5.41) is 10.8. The number of benzene rings is 1. The minimum absolute atomic E-state index is 0.0144. The van der Waals surface area contributed by atoms with Gasteiger partial charge in [-0.3, -0.25) is 19.8 Å². The maximum atomic E-state index is 12.4. The van der Waals surface area contributed by atoms with Crippen molar-refractivity contribution in [2.24, 2.45) is 0 Å². The Hall–Kier alpha value is -1.96. The van der Waals surface area contributed by atoms with Crippen LogP contribution in [0.2, 0.25) is 0 Å². The van der Waals surface area contributed by atoms with E-state index in [1.165, 1.54) is 17.0 Å². The number of halogens is 1. The van der Waals surface area contributed by atoms with Gasteiger partial charge in [-0.05, 0) is 26.3 Å². The molecule has 24 heavy (non-hydrogen) atoms. The Kier molecular flexibility index (Phi) is 4.98. The van der Waals surface area contributed by atoms with E-state index in [0.29, 0.717) is 6.42 Å². The van der Waals surface area contributed by atoms with Gasteiger partial charge in [-0.15, -0.1) is 0 Å². The standard InChI is InChI=1S/C16H19BrN2O5/c1-15(2,3)24-14(21)18-10-16(18,13(20)9-17)8-11-4-6-12(7-5-11)19(22)23/h4-7H,8-10H2,1-3H3. The topological polar surface area (TPSA) is 89.5 Å². The van der Waals surface area contributed by atoms with Gasteiger partial charge in [0.2, 0.25) is 0 Å². The molecule has 0 radical (unpaired) electrons. The maximum absolute atomic E-state index is 12.4. The molecule has 0 spiro atoms. The summed E-state index contributed by atoms with van der Waals surface area (Å²) < 4.78 is 5.33. The van der Waals surface area contributed by atoms with E-state index in [9.17, 15) is 19.7 Å². The molecule has 0 aromatic heterocycles. The van der Waals surface area contributed by atoms with Gasteiger partial charge in [0.05, 0.1) is 16.8 Å². The van der Waals surface area contributed by atoms with E-state index in [0.717, 1.165) is 5.56 Å². The van der Waals surface area contributed by atoms with Crippen LogP contribution in [0, 0.1) is 10.1 Å². The summed E-state index contributed by atoms with van der Waals surface area (Å²) in [4.78, 5) is 36.2. The fourth-order valence-corrected chi connectivity index (χ4v) is 2.99. The van der Waals surface area contributed by atoms with Crippen molar-refractivity contribution in [3.63, 3.8) is 0 Å². The van der Waals surface area contributed by atoms with Crippen LogP contribution in [0.25, 0.3) is 0 Å². The maximum Gasteiger partial charge on any atom is 0.411 e. The lowest BCUT2D eigenvalue weighted by molar-refractivity contribution is -0.384. The predicted molar refractivity (Wildman–Crippen MR) is 91.3 cm³/mol. The molecule has 0 saturated carbocycles. The molecule has 8 heteroatoms. The zero-order valence-corrected chi connectivity index (χ0v) is 15.3. The van der Waals surface area contributed by atoms with Crippen molar-refractivity contribution in [1.29, 1.82) is 0 Å². The minimum atomic E-state index is -0.942. The third kappa shape index (κ3) is 3.92. The fraction of sp³-hybridized carbons (Fsp3) is 0.500. The number of rotatable bonds is 5. The Morgan fingerprint density at radius 1 is 1.33 bits per heavy atom. The lowest BCUT2D eigenvalue weighted by atomic mass is 9.95. The number of carbonyl (C=O) groups excluding carboxylic acids is 2. The first-order chi connectivity index (χ1) is 11.1. The summed E-state index contributed by atoms with van der Waals surface area (Å²) in [6.45, 7) is 5.57. The minimum Gasteiger partial charge on any atom is -0.444 e. The normalized spacial score (nSPS) is 19.8. The molecule has 1 atom stereocenters. The van der Waals surface area contributed by atoms with Crippen LogP contribution >= 0.6 is 15.9 Å². The van der Waals surface area contributed by atoms with Gasteiger partial charge in [0.1, 0.15) is 11.1 Å². The molecule has 1 unspecified atom stereocenters. The summed E-state index contributed by atoms with van der Waals surface area (Å²) in [7, 11) is 0. The number of hydrogen-bond donors (Lipinski definition) is 0. The number of nitro benzene ring substituents is 1. The van der Waals surface area contributed by atoms with E-state index in [-0.39, 0.29) is 23.3 Å². The number of alkyl halides is 1. The number of nitrogens with zero attached hydrogens (tertiary/aromatic N) is 2. The average molecular weight is 399 g/mol. The SMILES string of the molecule is CC(C)(C)OC(=O)N1CC1(Cc1ccc([N+](=O)[O-])cc1)C(=O)CBr. The average Bonchev–Trinajstić information content (AvgIpc) is 3.21. The summed E-state index contributed by atoms with van der Waals surface area (Å²) >= 11 is 3.16. The molecular formula is C16H19BrN2O5. The molecule has 1 amide bonds. The number of ether oxygens (including phenoxy) is 1. The first-order valence-electron chi connectivity index (χ1n) is 7.42. The Morgan fingerprint density at radius 3 is 2.38 bits per heavy atom. The first kappa shape index (κ1) is 18.4. The van der Waals surface area contributed by atoms with Crippen LogP contribution < -0.4 is 0 Å². The molecule has 1 aromatic carbocycles. The smallest absolute Gasteiger partial charge is 0.411 e. The molecule has 0 bridgehead atoms. The number of hydrogen-bond acceptors (Lipinski definition) is 5. The van der Waals surface area contributed by atoms with Crippen LogP contribution in [0.4, 0.5) is 10.5 Å². The van der Waals surface area contributed by atoms with Crippen molar-refractivity contribution in [3.8, 4) is 0 Å². The molecule has 130 valence electrons. The number of amides is 1. The van der Waals surface area contributed by atoms with Crippen LogP contribution in [-0.4, -0.2) is 44.7 Å². The Morgan fingerprint density at radius 2 is 1.92 bits per heavy atom. The summed E-state index contributed by atoms with van der Waals surface area (Å²) in [5.74, 6) is -0.119. The largest absolute Gasteiger partial charge is 0.444 e. The summed E-state index contributed by atoms with van der Waals surface area (Å²) in [6.07, 6.45) is -0.229. The third-order valence-corrected chi connectivity index (χ3v) is 4.24. The second-order valence-electron chi connectivity index (χ2n) is 6.76. The van der Waals surface area contributed by atoms with Crippen LogP contribution in [0.3, 0.4) is 0 Å². The molecule has 1 aromatic rings. The van der Waals surface area contributed by atoms with Crippen molar-refractivity contribution in [2.45, 2.75) is 38.3 Å². The number of Topliss-reactive ketones (excluding diaryl/α,β-unsaturated/α-hetero) is 1. The number of ketones is 1. The molecule has 1 aliphatic heterocycles. The van der Waals surface area contributed by atoms with Crippen LogP contribution in [0.1, 0.15) is 26.3 Å². The van der Waals surface area contributed by atoms with Crippen LogP contribution in [-0.2, 0) is 16.0 Å². The van der Waals surface area contributed by atoms with E-state index in [1.807, 2.05) is 0 Å². The molecule has 2 rings (SSSR count). The molecule has 7 nitrogen and oxygen atoms in total. The van der Waals surface area contributed by atoms with Crippen molar-refractivity contribution >= 4 is 33.5 Å². The van der Waals surface area contributed by atoms with Gasteiger partial charge in [0.15, 0.2) is 5.78 Å². The molecular weight excluding hydrogens is 380 g/mol. The molecule has 1 saturated heterocycles. The van der Waals surface area contributed by atoms with Gasteiger partial charge in [0.25, 0.3) is 5.69 Å². The quantitative estimate of drug-likeness (QED) is 0.329. The molecule has 0 aliphatic carbocycles. The zero-order chi connectivity index (χ0) is 18.1. The van der Waals surface area contributed by atoms with E-state index in [1.54, 1.807) is 32.9 Å². The predicted octanol–water partition coefficient (Wildman–Crippen LogP) is 3.09. The van der Waals surface area contributed by atoms with Crippen LogP contribution in [0.15, 0.2) is 24.3 Å². The Balaban J connectivity index is 2.17. The van der Waals surface area contributed by atoms with Crippen LogP contribution in [0.5, 0.6) is 0 Å². The zero-order valence-electron chi connectivity index (χ0n) is 13.7. The molecule has 0 N–H and O–H groups in total. The van der Waals surface area contributed by atoms with Gasteiger partial charge in [0, 0.05) is 18.6 Å². The van der Waals surface area contributed by atoms with Crippen molar-refractivity contribution in [1.82, 2.24) is 4.90 Å². The molecule has 1 heterocycles. The number of non-ortho nitro benzene ring substituents is 1. The monoisotopic (exact) mass is 398 g/mol. The lowest BCUT2D eigenvalue weighted by Gasteiger charge is -2.22. The highest BCUT2D eigenvalue weighted by Crippen LogP contribution is 2.39. The van der Waals surface area contributed by atoms with Gasteiger partial charge in [-0.1, -0.05) is 28.1 Å². The highest BCUT2D eigenvalue weighted by atomic mass is 79.9. The van der Waals surface area contributed by atoms with Gasteiger partial charge >= 0.3 is 6.09 Å². The Labute approximate surface area is 148 Å². The van der Waals surface area contributed by atoms with Gasteiger partial charge in [-0.25, -0.2) is 4.79 Å². The number of nitro groups is 1. The first-order valence-corrected chi connectivity index (χ1v) is 8.54. The highest BCUT2D eigenvalue weighted by Gasteiger charge is 2.60. The second-order valence-corrected chi connectivity index (χ2v) is 7.32. The highest BCUT2D eigenvalue weighted by molar-refractivity contribution is 9.09. The summed E-state index contributed by atoms with van der Waals surface area (Å²) in [5.41, 5.74) is -0.849. The van der Waals surface area contributed by atoms with Gasteiger partial charge < -0.3 is 4.74 Å². The second kappa shape index (κ2) is 6.51. The lowest BCUT2D eigenvalue weighted by Crippen LogP contribution is -2.37. The van der Waals surface area contributed by atoms with E-state index in [2.05, 4.69) is 15.9 Å². The van der Waals surface area contributed by atoms with E-state index in [4.69, 9.17) is 4.74 Å². The van der Waals surface area contributed by atoms with Crippen molar-refractivity contribution < 1.29 is 19.2 Å². The molecule has 1 fully saturated rings. The van der Waals surface area contributed by atoms with Gasteiger partial charge in [-0.2, -0.15) is 0 Å². The molecule has 1 aliphatic rings. The van der Waals surface area contributed by atoms with E-state index >= 15 is 0 Å². The summed E-state index contributed by atoms with van der Waals surface area (Å²) in [6, 6.07) is 5.99. The fourth-order valence-electron chi connectivity index (χ4n) is 2.47. The number of carbonyl (C=O) groups is 2. The third-order valence-electron chi connectivity index (χ3n) is 3.73. The van der Waals surface area contributed by atoms with Crippen molar-refractivity contribution in [3.05, 3.63) is 39.9 Å².